The number of thiazole rings is 1. The van der Waals surface area contributed by atoms with E-state index in [-0.39, 0.29) is 5.82 Å². The smallest absolute Gasteiger partial charge is 0.181 e. The number of halogens is 2. The Balaban J connectivity index is 2.15. The van der Waals surface area contributed by atoms with Crippen LogP contribution in [0.4, 0.5) is 9.52 Å². The minimum Gasteiger partial charge on any atom is -0.375 e. The number of fused-ring (bicyclic) bond motifs is 1. The average Bonchev–Trinajstić information content (AvgIpc) is 2.71. The highest BCUT2D eigenvalue weighted by atomic mass is 79.9. The summed E-state index contributed by atoms with van der Waals surface area (Å²) < 4.78 is 14.9. The zero-order chi connectivity index (χ0) is 12.7. The molecule has 0 unspecified atom stereocenters. The molecule has 5 heteroatoms. The van der Waals surface area contributed by atoms with Crippen molar-refractivity contribution in [2.45, 2.75) is 0 Å². The third kappa shape index (κ3) is 2.00. The van der Waals surface area contributed by atoms with Crippen LogP contribution >= 0.6 is 27.3 Å². The van der Waals surface area contributed by atoms with Gasteiger partial charge in [-0.3, -0.25) is 0 Å². The highest BCUT2D eigenvalue weighted by Gasteiger charge is 2.06. The Hall–Kier alpha value is -1.46. The van der Waals surface area contributed by atoms with Gasteiger partial charge in [0.25, 0.3) is 0 Å². The summed E-state index contributed by atoms with van der Waals surface area (Å²) in [6.07, 6.45) is 0. The van der Waals surface area contributed by atoms with Gasteiger partial charge in [0.05, 0.1) is 14.7 Å². The molecule has 1 radical (unpaired) electrons. The van der Waals surface area contributed by atoms with Crippen molar-refractivity contribution in [3.8, 4) is 11.1 Å². The molecule has 1 aromatic heterocycles. The van der Waals surface area contributed by atoms with Gasteiger partial charge in [-0.15, -0.1) is 0 Å². The molecule has 0 spiro atoms. The number of anilines is 1. The zero-order valence-electron chi connectivity index (χ0n) is 9.08. The molecule has 0 amide bonds. The van der Waals surface area contributed by atoms with Crippen molar-refractivity contribution in [1.82, 2.24) is 4.98 Å². The fraction of sp³-hybridized carbons (Fsp3) is 0. The predicted octanol–water partition coefficient (Wildman–Crippen LogP) is 4.25. The summed E-state index contributed by atoms with van der Waals surface area (Å²) in [5.74, 6) is -0.293. The van der Waals surface area contributed by atoms with E-state index in [1.54, 1.807) is 6.07 Å². The fourth-order valence-corrected chi connectivity index (χ4v) is 2.65. The Morgan fingerprint density at radius 2 is 2.11 bits per heavy atom. The lowest BCUT2D eigenvalue weighted by Crippen LogP contribution is -1.83. The van der Waals surface area contributed by atoms with Gasteiger partial charge >= 0.3 is 0 Å². The molecule has 3 rings (SSSR count). The maximum atomic E-state index is 13.5. The molecule has 0 aliphatic carbocycles. The van der Waals surface area contributed by atoms with E-state index in [0.717, 1.165) is 21.3 Å². The Labute approximate surface area is 115 Å². The summed E-state index contributed by atoms with van der Waals surface area (Å²) in [7, 11) is 0. The molecule has 2 N–H and O–H groups in total. The molecule has 0 saturated heterocycles. The highest BCUT2D eigenvalue weighted by molar-refractivity contribution is 9.10. The molecule has 89 valence electrons. The molecule has 0 fully saturated rings. The van der Waals surface area contributed by atoms with E-state index in [1.807, 2.05) is 18.2 Å². The predicted molar refractivity (Wildman–Crippen MR) is 76.0 cm³/mol. The summed E-state index contributed by atoms with van der Waals surface area (Å²) >= 11 is 4.55. The first-order chi connectivity index (χ1) is 8.63. The summed E-state index contributed by atoms with van der Waals surface area (Å²) in [5, 5.41) is 0.514. The molecule has 2 nitrogen and oxygen atoms in total. The van der Waals surface area contributed by atoms with Crippen LogP contribution in [0.2, 0.25) is 0 Å². The third-order valence-corrected chi connectivity index (χ3v) is 4.05. The lowest BCUT2D eigenvalue weighted by molar-refractivity contribution is 0.621. The van der Waals surface area contributed by atoms with Gasteiger partial charge in [-0.1, -0.05) is 23.5 Å². The highest BCUT2D eigenvalue weighted by Crippen LogP contribution is 2.29. The molecule has 0 atom stereocenters. The molecule has 2 aromatic carbocycles. The second kappa shape index (κ2) is 4.33. The van der Waals surface area contributed by atoms with Crippen molar-refractivity contribution >= 4 is 42.6 Å². The molecular weight excluding hydrogens is 315 g/mol. The average molecular weight is 322 g/mol. The van der Waals surface area contributed by atoms with Gasteiger partial charge in [0.15, 0.2) is 5.13 Å². The summed E-state index contributed by atoms with van der Waals surface area (Å²) in [5.41, 5.74) is 7.94. The first-order valence-corrected chi connectivity index (χ1v) is 6.78. The standard InChI is InChI=1S/C13H7BrFN2S/c14-9-3-1-7(5-10(9)15)8-2-4-12-11(6-8)17-13(16)18-12/h1-5H,(H2,16,17). The number of nitrogens with two attached hydrogens (primary N) is 1. The lowest BCUT2D eigenvalue weighted by Gasteiger charge is -2.02. The number of aromatic nitrogens is 1. The number of nitrogen functional groups attached to an aromatic ring is 1. The van der Waals surface area contributed by atoms with Gasteiger partial charge in [-0.05, 0) is 45.3 Å². The number of nitrogens with zero attached hydrogens (tertiary/aromatic N) is 1. The van der Waals surface area contributed by atoms with E-state index in [9.17, 15) is 4.39 Å². The molecule has 0 bridgehead atoms. The fourth-order valence-electron chi connectivity index (χ4n) is 1.71. The summed E-state index contributed by atoms with van der Waals surface area (Å²) in [4.78, 5) is 4.18. The van der Waals surface area contributed by atoms with E-state index in [4.69, 9.17) is 5.73 Å². The van der Waals surface area contributed by atoms with Crippen LogP contribution in [0.15, 0.2) is 34.8 Å². The summed E-state index contributed by atoms with van der Waals surface area (Å²) in [6.45, 7) is 0. The third-order valence-electron chi connectivity index (χ3n) is 2.55. The van der Waals surface area contributed by atoms with E-state index < -0.39 is 0 Å². The van der Waals surface area contributed by atoms with Gasteiger partial charge in [0.2, 0.25) is 0 Å². The second-order valence-electron chi connectivity index (χ2n) is 3.77. The van der Waals surface area contributed by atoms with Crippen molar-refractivity contribution in [2.24, 2.45) is 0 Å². The molecular formula is C13H7BrFN2S. The van der Waals surface area contributed by atoms with Crippen LogP contribution in [0.1, 0.15) is 0 Å². The Morgan fingerprint density at radius 1 is 1.28 bits per heavy atom. The van der Waals surface area contributed by atoms with Gasteiger partial charge in [-0.25, -0.2) is 9.37 Å². The lowest BCUT2D eigenvalue weighted by atomic mass is 10.1. The molecule has 1 heterocycles. The number of hydrogen-bond donors (Lipinski definition) is 1. The van der Waals surface area contributed by atoms with Crippen LogP contribution in [0.5, 0.6) is 0 Å². The van der Waals surface area contributed by atoms with E-state index in [1.165, 1.54) is 17.4 Å². The number of rotatable bonds is 1. The normalized spacial score (nSPS) is 11.0. The van der Waals surface area contributed by atoms with Crippen molar-refractivity contribution in [1.29, 1.82) is 0 Å². The van der Waals surface area contributed by atoms with Crippen LogP contribution in [-0.4, -0.2) is 4.98 Å². The second-order valence-corrected chi connectivity index (χ2v) is 5.68. The Bertz CT molecular complexity index is 739. The zero-order valence-corrected chi connectivity index (χ0v) is 11.5. The maximum Gasteiger partial charge on any atom is 0.181 e. The first-order valence-electron chi connectivity index (χ1n) is 5.17. The van der Waals surface area contributed by atoms with E-state index in [2.05, 4.69) is 27.0 Å². The topological polar surface area (TPSA) is 38.9 Å². The van der Waals surface area contributed by atoms with Crippen molar-refractivity contribution in [3.05, 3.63) is 46.7 Å². The number of hydrogen-bond acceptors (Lipinski definition) is 3. The quantitative estimate of drug-likeness (QED) is 0.727. The number of benzene rings is 2. The molecule has 18 heavy (non-hydrogen) atoms. The van der Waals surface area contributed by atoms with Gasteiger partial charge in [0, 0.05) is 6.07 Å². The van der Waals surface area contributed by atoms with Crippen molar-refractivity contribution in [2.75, 3.05) is 5.73 Å². The van der Waals surface area contributed by atoms with Crippen LogP contribution in [-0.2, 0) is 0 Å². The molecule has 0 aliphatic heterocycles. The van der Waals surface area contributed by atoms with Crippen LogP contribution in [0, 0.1) is 11.9 Å². The molecule has 3 aromatic rings. The minimum absolute atomic E-state index is 0.293. The monoisotopic (exact) mass is 321 g/mol. The Morgan fingerprint density at radius 3 is 2.89 bits per heavy atom. The van der Waals surface area contributed by atoms with Crippen LogP contribution < -0.4 is 5.73 Å². The van der Waals surface area contributed by atoms with Gasteiger partial charge in [-0.2, -0.15) is 0 Å². The van der Waals surface area contributed by atoms with E-state index >= 15 is 0 Å². The van der Waals surface area contributed by atoms with Gasteiger partial charge in [0.1, 0.15) is 5.82 Å². The molecule has 0 saturated carbocycles. The van der Waals surface area contributed by atoms with Crippen LogP contribution in [0.3, 0.4) is 0 Å². The summed E-state index contributed by atoms with van der Waals surface area (Å²) in [6, 6.07) is 11.9. The first kappa shape index (κ1) is 11.6. The molecule has 0 aliphatic rings. The van der Waals surface area contributed by atoms with Crippen molar-refractivity contribution < 1.29 is 4.39 Å². The van der Waals surface area contributed by atoms with E-state index in [0.29, 0.717) is 9.60 Å². The largest absolute Gasteiger partial charge is 0.375 e. The van der Waals surface area contributed by atoms with Crippen molar-refractivity contribution in [3.63, 3.8) is 0 Å². The Kier molecular flexibility index (Phi) is 2.80. The maximum absolute atomic E-state index is 13.5. The van der Waals surface area contributed by atoms with Crippen LogP contribution in [0.25, 0.3) is 21.3 Å². The SMILES string of the molecule is Nc1nc2[c]c(-c3ccc(Br)c(F)c3)ccc2s1. The van der Waals surface area contributed by atoms with Gasteiger partial charge < -0.3 is 5.73 Å². The minimum atomic E-state index is -0.293.